The Morgan fingerprint density at radius 2 is 1.71 bits per heavy atom. The van der Waals surface area contributed by atoms with Crippen LogP contribution in [0.25, 0.3) is 22.4 Å². The molecule has 0 unspecified atom stereocenters. The molecule has 42 heavy (non-hydrogen) atoms. The normalized spacial score (nSPS) is 14.1. The molecule has 4 aromatic heterocycles. The molecule has 11 heteroatoms. The van der Waals surface area contributed by atoms with E-state index in [0.29, 0.717) is 34.2 Å². The summed E-state index contributed by atoms with van der Waals surface area (Å²) in [6.45, 7) is 1.99. The maximum absolute atomic E-state index is 6.53. The van der Waals surface area contributed by atoms with Crippen LogP contribution in [0.5, 0.6) is 17.5 Å². The van der Waals surface area contributed by atoms with Gasteiger partial charge >= 0.3 is 0 Å². The molecular weight excluding hydrogens is 550 g/mol. The first-order valence-electron chi connectivity index (χ1n) is 13.4. The molecule has 8 rings (SSSR count). The lowest BCUT2D eigenvalue weighted by molar-refractivity contribution is 0.393. The molecule has 10 nitrogen and oxygen atoms in total. The van der Waals surface area contributed by atoms with Crippen LogP contribution in [0.4, 0.5) is 0 Å². The summed E-state index contributed by atoms with van der Waals surface area (Å²) < 4.78 is 21.8. The van der Waals surface area contributed by atoms with Gasteiger partial charge in [-0.1, -0.05) is 60.3 Å². The van der Waals surface area contributed by atoms with Gasteiger partial charge in [-0.3, -0.25) is 0 Å². The second-order valence-corrected chi connectivity index (χ2v) is 10.8. The monoisotopic (exact) mass is 573 g/mol. The average molecular weight is 574 g/mol. The minimum Gasteiger partial charge on any atom is -0.496 e. The molecule has 1 aliphatic heterocycles. The van der Waals surface area contributed by atoms with Crippen molar-refractivity contribution in [3.8, 4) is 23.2 Å². The molecule has 5 heterocycles. The van der Waals surface area contributed by atoms with E-state index in [2.05, 4.69) is 11.1 Å². The summed E-state index contributed by atoms with van der Waals surface area (Å²) in [5.74, 6) is 2.61. The quantitative estimate of drug-likeness (QED) is 0.211. The largest absolute Gasteiger partial charge is 0.496 e. The smallest absolute Gasteiger partial charge is 0.257 e. The third kappa shape index (κ3) is 3.92. The molecule has 0 bridgehead atoms. The number of hydrogen-bond donors (Lipinski definition) is 0. The van der Waals surface area contributed by atoms with Crippen molar-refractivity contribution in [2.75, 3.05) is 7.11 Å². The maximum atomic E-state index is 6.53. The Balaban J connectivity index is 1.26. The van der Waals surface area contributed by atoms with Crippen molar-refractivity contribution in [2.24, 2.45) is 0 Å². The van der Waals surface area contributed by atoms with Gasteiger partial charge in [-0.2, -0.15) is 5.10 Å². The molecule has 0 aliphatic carbocycles. The predicted molar refractivity (Wildman–Crippen MR) is 157 cm³/mol. The van der Waals surface area contributed by atoms with Crippen LogP contribution in [-0.4, -0.2) is 41.5 Å². The van der Waals surface area contributed by atoms with E-state index >= 15 is 0 Å². The van der Waals surface area contributed by atoms with E-state index in [1.54, 1.807) is 18.0 Å². The van der Waals surface area contributed by atoms with Crippen molar-refractivity contribution in [1.82, 2.24) is 34.3 Å². The molecule has 1 atom stereocenters. The van der Waals surface area contributed by atoms with Gasteiger partial charge in [0.2, 0.25) is 11.8 Å². The molecule has 0 N–H and O–H groups in total. The van der Waals surface area contributed by atoms with E-state index in [1.165, 1.54) is 11.8 Å². The number of para-hydroxylation sites is 4. The summed E-state index contributed by atoms with van der Waals surface area (Å²) in [6.07, 6.45) is 1.63. The number of oxazole rings is 1. The predicted octanol–water partition coefficient (Wildman–Crippen LogP) is 6.35. The van der Waals surface area contributed by atoms with E-state index < -0.39 is 0 Å². The number of aryl methyl sites for hydroxylation is 1. The van der Waals surface area contributed by atoms with Crippen molar-refractivity contribution in [3.05, 3.63) is 113 Å². The minimum absolute atomic E-state index is 0.310. The number of aromatic nitrogens is 7. The molecule has 0 saturated carbocycles. The van der Waals surface area contributed by atoms with Gasteiger partial charge in [-0.15, -0.1) is 5.10 Å². The fourth-order valence-corrected chi connectivity index (χ4v) is 6.17. The highest BCUT2D eigenvalue weighted by Gasteiger charge is 2.39. The van der Waals surface area contributed by atoms with Gasteiger partial charge in [0.15, 0.2) is 17.1 Å². The van der Waals surface area contributed by atoms with E-state index in [4.69, 9.17) is 34.1 Å². The lowest BCUT2D eigenvalue weighted by Crippen LogP contribution is -2.16. The van der Waals surface area contributed by atoms with Crippen LogP contribution in [0.3, 0.4) is 0 Å². The van der Waals surface area contributed by atoms with Crippen molar-refractivity contribution >= 4 is 28.5 Å². The first kappa shape index (κ1) is 24.6. The van der Waals surface area contributed by atoms with Crippen molar-refractivity contribution in [2.45, 2.75) is 23.8 Å². The zero-order valence-corrected chi connectivity index (χ0v) is 23.4. The molecule has 3 aromatic carbocycles. The van der Waals surface area contributed by atoms with Gasteiger partial charge in [0.25, 0.3) is 5.22 Å². The number of hydrogen-bond acceptors (Lipinski definition) is 9. The van der Waals surface area contributed by atoms with Gasteiger partial charge in [-0.25, -0.2) is 24.1 Å². The molecule has 1 aliphatic rings. The fraction of sp³-hybridized carbons (Fsp3) is 0.129. The first-order chi connectivity index (χ1) is 20.7. The van der Waals surface area contributed by atoms with Crippen LogP contribution in [0.2, 0.25) is 0 Å². The van der Waals surface area contributed by atoms with Crippen LogP contribution >= 0.6 is 11.8 Å². The van der Waals surface area contributed by atoms with E-state index in [-0.39, 0.29) is 5.92 Å². The van der Waals surface area contributed by atoms with Crippen LogP contribution in [0.15, 0.2) is 94.8 Å². The summed E-state index contributed by atoms with van der Waals surface area (Å²) in [7, 11) is 1.68. The number of fused-ring (bicyclic) bond motifs is 5. The Labute approximate surface area is 244 Å². The Kier molecular flexibility index (Phi) is 5.71. The highest BCUT2D eigenvalue weighted by molar-refractivity contribution is 7.98. The highest BCUT2D eigenvalue weighted by Crippen LogP contribution is 2.51. The van der Waals surface area contributed by atoms with Crippen LogP contribution < -0.4 is 9.47 Å². The summed E-state index contributed by atoms with van der Waals surface area (Å²) in [6, 6.07) is 25.6. The SMILES string of the molecule is COc1ccccc1[C@@H]1c2c(C)nn(-c3ccccc3)c2Oc2ncn3nc(CSc4nc5ccccc5o4)nc3c21. The molecule has 0 spiro atoms. The van der Waals surface area contributed by atoms with Crippen molar-refractivity contribution < 1.29 is 13.9 Å². The molecule has 0 saturated heterocycles. The minimum atomic E-state index is -0.310. The van der Waals surface area contributed by atoms with Gasteiger partial charge in [0, 0.05) is 5.56 Å². The number of thioether (sulfide) groups is 1. The van der Waals surface area contributed by atoms with E-state index in [0.717, 1.165) is 44.9 Å². The van der Waals surface area contributed by atoms with E-state index in [1.807, 2.05) is 84.4 Å². The molecule has 7 aromatic rings. The first-order valence-corrected chi connectivity index (χ1v) is 14.3. The third-order valence-corrected chi connectivity index (χ3v) is 8.14. The van der Waals surface area contributed by atoms with Gasteiger partial charge < -0.3 is 13.9 Å². The number of nitrogens with zero attached hydrogens (tertiary/aromatic N) is 7. The second kappa shape index (κ2) is 9.74. The zero-order chi connectivity index (χ0) is 28.2. The number of benzene rings is 3. The standard InChI is InChI=1S/C31H23N7O3S/c1-18-25-26(20-12-6-8-14-22(20)39-2)27-28-34-24(16-42-31-33-21-13-7-9-15-23(21)40-31)36-37(28)17-32-29(27)41-30(25)38(35-18)19-10-4-3-5-11-19/h3-15,17,26H,16H2,1-2H3/t26-/m1/s1. The van der Waals surface area contributed by atoms with Crippen LogP contribution in [0, 0.1) is 6.92 Å². The summed E-state index contributed by atoms with van der Waals surface area (Å²) >= 11 is 1.45. The van der Waals surface area contributed by atoms with Crippen LogP contribution in [-0.2, 0) is 5.75 Å². The molecule has 0 amide bonds. The zero-order valence-electron chi connectivity index (χ0n) is 22.6. The highest BCUT2D eigenvalue weighted by atomic mass is 32.2. The van der Waals surface area contributed by atoms with E-state index in [9.17, 15) is 0 Å². The number of ether oxygens (including phenoxy) is 2. The molecule has 206 valence electrons. The Morgan fingerprint density at radius 1 is 0.905 bits per heavy atom. The Bertz CT molecular complexity index is 2070. The summed E-state index contributed by atoms with van der Waals surface area (Å²) in [5.41, 5.74) is 6.64. The fourth-order valence-electron chi connectivity index (χ4n) is 5.48. The lowest BCUT2D eigenvalue weighted by atomic mass is 9.84. The summed E-state index contributed by atoms with van der Waals surface area (Å²) in [4.78, 5) is 14.2. The average Bonchev–Trinajstić information content (AvgIpc) is 3.74. The molecule has 0 fully saturated rings. The molecule has 0 radical (unpaired) electrons. The van der Waals surface area contributed by atoms with Crippen LogP contribution in [0.1, 0.15) is 34.1 Å². The second-order valence-electron chi connectivity index (χ2n) is 9.82. The van der Waals surface area contributed by atoms with Crippen molar-refractivity contribution in [1.29, 1.82) is 0 Å². The van der Waals surface area contributed by atoms with Gasteiger partial charge in [0.1, 0.15) is 17.6 Å². The number of rotatable bonds is 6. The summed E-state index contributed by atoms with van der Waals surface area (Å²) in [5, 5.41) is 10.2. The maximum Gasteiger partial charge on any atom is 0.257 e. The third-order valence-electron chi connectivity index (χ3n) is 7.31. The Morgan fingerprint density at radius 3 is 2.57 bits per heavy atom. The van der Waals surface area contributed by atoms with Crippen molar-refractivity contribution in [3.63, 3.8) is 0 Å². The van der Waals surface area contributed by atoms with Gasteiger partial charge in [-0.05, 0) is 37.3 Å². The number of methoxy groups -OCH3 is 1. The molecular formula is C31H23N7O3S. The Hall–Kier alpha value is -5.16. The topological polar surface area (TPSA) is 105 Å². The lowest BCUT2D eigenvalue weighted by Gasteiger charge is -2.27. The van der Waals surface area contributed by atoms with Gasteiger partial charge in [0.05, 0.1) is 41.3 Å².